The van der Waals surface area contributed by atoms with Crippen molar-refractivity contribution in [1.29, 1.82) is 0 Å². The molecule has 1 amide bonds. The van der Waals surface area contributed by atoms with E-state index in [1.54, 1.807) is 40.8 Å². The number of amides is 1. The van der Waals surface area contributed by atoms with Gasteiger partial charge in [0.05, 0.1) is 16.9 Å². The van der Waals surface area contributed by atoms with Crippen molar-refractivity contribution in [3.05, 3.63) is 90.6 Å². The Hall–Kier alpha value is -3.23. The van der Waals surface area contributed by atoms with Crippen molar-refractivity contribution >= 4 is 21.7 Å². The topological polar surface area (TPSA) is 73.8 Å². The summed E-state index contributed by atoms with van der Waals surface area (Å²) in [6, 6.07) is 23.8. The van der Waals surface area contributed by atoms with Gasteiger partial charge < -0.3 is 9.80 Å². The summed E-state index contributed by atoms with van der Waals surface area (Å²) in [6.45, 7) is 2.84. The van der Waals surface area contributed by atoms with Gasteiger partial charge in [-0.25, -0.2) is 13.4 Å². The molecule has 2 aromatic carbocycles. The Labute approximate surface area is 207 Å². The number of carbonyl (C=O) groups excluding carboxylic acids is 1. The summed E-state index contributed by atoms with van der Waals surface area (Å²) < 4.78 is 29.0. The number of anilines is 1. The number of aromatic nitrogens is 1. The van der Waals surface area contributed by atoms with E-state index < -0.39 is 10.0 Å². The zero-order valence-corrected chi connectivity index (χ0v) is 20.4. The highest BCUT2D eigenvalue weighted by molar-refractivity contribution is 7.89. The van der Waals surface area contributed by atoms with E-state index in [9.17, 15) is 13.2 Å². The molecule has 3 heterocycles. The van der Waals surface area contributed by atoms with Gasteiger partial charge in [-0.15, -0.1) is 0 Å². The number of benzene rings is 2. The smallest absolute Gasteiger partial charge is 0.243 e. The van der Waals surface area contributed by atoms with Crippen LogP contribution in [-0.2, 0) is 14.8 Å². The number of hydrogen-bond donors (Lipinski definition) is 0. The van der Waals surface area contributed by atoms with E-state index in [1.165, 1.54) is 0 Å². The summed E-state index contributed by atoms with van der Waals surface area (Å²) in [4.78, 5) is 22.3. The van der Waals surface area contributed by atoms with Gasteiger partial charge in [0, 0.05) is 38.9 Å². The number of piperazine rings is 1. The molecule has 0 radical (unpaired) electrons. The van der Waals surface area contributed by atoms with Crippen LogP contribution in [0.25, 0.3) is 0 Å². The Morgan fingerprint density at radius 3 is 2.11 bits per heavy atom. The molecule has 0 spiro atoms. The normalized spacial score (nSPS) is 21.6. The Morgan fingerprint density at radius 1 is 0.800 bits per heavy atom. The molecule has 2 saturated heterocycles. The van der Waals surface area contributed by atoms with Gasteiger partial charge in [-0.05, 0) is 42.7 Å². The second-order valence-electron chi connectivity index (χ2n) is 9.09. The van der Waals surface area contributed by atoms with Gasteiger partial charge in [0.15, 0.2) is 0 Å². The molecule has 2 aliphatic rings. The van der Waals surface area contributed by atoms with E-state index >= 15 is 0 Å². The lowest BCUT2D eigenvalue weighted by atomic mass is 9.90. The first-order valence-electron chi connectivity index (χ1n) is 12.1. The van der Waals surface area contributed by atoms with Crippen LogP contribution in [0.5, 0.6) is 0 Å². The molecule has 8 heteroatoms. The molecule has 0 aliphatic carbocycles. The van der Waals surface area contributed by atoms with Gasteiger partial charge in [0.25, 0.3) is 0 Å². The molecule has 3 aromatic rings. The summed E-state index contributed by atoms with van der Waals surface area (Å²) in [7, 11) is -3.76. The Kier molecular flexibility index (Phi) is 6.83. The van der Waals surface area contributed by atoms with Crippen molar-refractivity contribution in [2.75, 3.05) is 37.6 Å². The molecule has 7 nitrogen and oxygen atoms in total. The Balaban J connectivity index is 1.34. The number of carbonyl (C=O) groups is 1. The number of piperidine rings is 1. The largest absolute Gasteiger partial charge is 0.353 e. The molecular formula is C27H30N4O3S. The summed E-state index contributed by atoms with van der Waals surface area (Å²) >= 11 is 0. The van der Waals surface area contributed by atoms with Crippen LogP contribution in [0.4, 0.5) is 5.82 Å². The lowest BCUT2D eigenvalue weighted by Gasteiger charge is -2.41. The molecule has 2 unspecified atom stereocenters. The quantitative estimate of drug-likeness (QED) is 0.547. The molecule has 1 aromatic heterocycles. The maximum atomic E-state index is 13.7. The minimum absolute atomic E-state index is 0.0467. The van der Waals surface area contributed by atoms with Crippen LogP contribution in [0.3, 0.4) is 0 Å². The SMILES string of the molecule is O=C(C1CCC(c2ccccc2)N(S(=O)(=O)c2ccccc2)C1)N1CCN(c2ccccn2)CC1. The molecular weight excluding hydrogens is 460 g/mol. The number of pyridine rings is 1. The average molecular weight is 491 g/mol. The zero-order chi connectivity index (χ0) is 24.3. The van der Waals surface area contributed by atoms with Gasteiger partial charge in [0.2, 0.25) is 15.9 Å². The summed E-state index contributed by atoms with van der Waals surface area (Å²) in [6.07, 6.45) is 3.06. The molecule has 2 aliphatic heterocycles. The minimum atomic E-state index is -3.76. The van der Waals surface area contributed by atoms with Crippen molar-refractivity contribution < 1.29 is 13.2 Å². The fraction of sp³-hybridized carbons (Fsp3) is 0.333. The molecule has 2 atom stereocenters. The summed E-state index contributed by atoms with van der Waals surface area (Å²) in [5.74, 6) is 0.614. The molecule has 5 rings (SSSR count). The molecule has 35 heavy (non-hydrogen) atoms. The molecule has 2 fully saturated rings. The van der Waals surface area contributed by atoms with Crippen LogP contribution < -0.4 is 4.90 Å². The van der Waals surface area contributed by atoms with E-state index in [2.05, 4.69) is 9.88 Å². The van der Waals surface area contributed by atoms with E-state index in [4.69, 9.17) is 0 Å². The molecule has 182 valence electrons. The molecule has 0 bridgehead atoms. The molecule has 0 N–H and O–H groups in total. The van der Waals surface area contributed by atoms with Crippen molar-refractivity contribution in [3.63, 3.8) is 0 Å². The predicted octanol–water partition coefficient (Wildman–Crippen LogP) is 3.57. The fourth-order valence-corrected chi connectivity index (χ4v) is 6.81. The highest BCUT2D eigenvalue weighted by Crippen LogP contribution is 2.38. The van der Waals surface area contributed by atoms with E-state index in [0.29, 0.717) is 39.0 Å². The second-order valence-corrected chi connectivity index (χ2v) is 11.0. The van der Waals surface area contributed by atoms with E-state index in [-0.39, 0.29) is 29.3 Å². The van der Waals surface area contributed by atoms with Crippen LogP contribution in [0.2, 0.25) is 0 Å². The number of hydrogen-bond acceptors (Lipinski definition) is 5. The van der Waals surface area contributed by atoms with Crippen molar-refractivity contribution in [1.82, 2.24) is 14.2 Å². The minimum Gasteiger partial charge on any atom is -0.353 e. The van der Waals surface area contributed by atoms with Crippen molar-refractivity contribution in [2.24, 2.45) is 5.92 Å². The number of rotatable bonds is 5. The summed E-state index contributed by atoms with van der Waals surface area (Å²) in [5, 5.41) is 0. The van der Waals surface area contributed by atoms with Gasteiger partial charge in [-0.1, -0.05) is 54.6 Å². The van der Waals surface area contributed by atoms with Crippen molar-refractivity contribution in [2.45, 2.75) is 23.8 Å². The van der Waals surface area contributed by atoms with Crippen LogP contribution in [0.15, 0.2) is 90.0 Å². The predicted molar refractivity (Wildman–Crippen MR) is 135 cm³/mol. The first-order valence-corrected chi connectivity index (χ1v) is 13.5. The second kappa shape index (κ2) is 10.2. The third-order valence-electron chi connectivity index (χ3n) is 6.98. The van der Waals surface area contributed by atoms with Crippen LogP contribution >= 0.6 is 0 Å². The molecule has 0 saturated carbocycles. The van der Waals surface area contributed by atoms with E-state index in [0.717, 1.165) is 11.4 Å². The van der Waals surface area contributed by atoms with Gasteiger partial charge in [-0.3, -0.25) is 4.79 Å². The first kappa shape index (κ1) is 23.5. The Morgan fingerprint density at radius 2 is 1.46 bits per heavy atom. The van der Waals surface area contributed by atoms with Crippen LogP contribution in [0.1, 0.15) is 24.4 Å². The Bertz CT molecular complexity index is 1230. The van der Waals surface area contributed by atoms with E-state index in [1.807, 2.05) is 53.4 Å². The van der Waals surface area contributed by atoms with Crippen molar-refractivity contribution in [3.8, 4) is 0 Å². The van der Waals surface area contributed by atoms with Crippen LogP contribution in [-0.4, -0.2) is 61.2 Å². The standard InChI is InChI=1S/C27H30N4O3S/c32-27(30-19-17-29(18-20-30)26-13-7-8-16-28-26)23-14-15-25(22-9-3-1-4-10-22)31(21-23)35(33,34)24-11-5-2-6-12-24/h1-13,16,23,25H,14-15,17-21H2. The summed E-state index contributed by atoms with van der Waals surface area (Å²) in [5.41, 5.74) is 0.960. The van der Waals surface area contributed by atoms with Crippen LogP contribution in [0, 0.1) is 5.92 Å². The lowest BCUT2D eigenvalue weighted by Crippen LogP contribution is -2.53. The highest BCUT2D eigenvalue weighted by Gasteiger charge is 2.41. The maximum absolute atomic E-state index is 13.7. The highest BCUT2D eigenvalue weighted by atomic mass is 32.2. The third kappa shape index (κ3) is 4.94. The first-order chi connectivity index (χ1) is 17.0. The number of sulfonamides is 1. The third-order valence-corrected chi connectivity index (χ3v) is 8.87. The zero-order valence-electron chi connectivity index (χ0n) is 19.6. The fourth-order valence-electron chi connectivity index (χ4n) is 5.10. The van der Waals surface area contributed by atoms with Gasteiger partial charge >= 0.3 is 0 Å². The van der Waals surface area contributed by atoms with Gasteiger partial charge in [-0.2, -0.15) is 4.31 Å². The number of nitrogens with zero attached hydrogens (tertiary/aromatic N) is 4. The average Bonchev–Trinajstić information content (AvgIpc) is 2.94. The van der Waals surface area contributed by atoms with Gasteiger partial charge in [0.1, 0.15) is 5.82 Å². The lowest BCUT2D eigenvalue weighted by molar-refractivity contribution is -0.137. The monoisotopic (exact) mass is 490 g/mol. The maximum Gasteiger partial charge on any atom is 0.243 e.